The quantitative estimate of drug-likeness (QED) is 0.448. The van der Waals surface area contributed by atoms with Crippen molar-refractivity contribution in [1.82, 2.24) is 0 Å². The molecule has 25 heavy (non-hydrogen) atoms. The summed E-state index contributed by atoms with van der Waals surface area (Å²) >= 11 is 0. The van der Waals surface area contributed by atoms with E-state index in [4.69, 9.17) is 0 Å². The smallest absolute Gasteiger partial charge is 0.104 e. The van der Waals surface area contributed by atoms with Gasteiger partial charge in [0, 0.05) is 16.7 Å². The topological polar surface area (TPSA) is 101 Å². The molecule has 4 saturated carbocycles. The minimum absolute atomic E-state index is 0.175. The molecule has 4 aliphatic rings. The molecule has 1 spiro atoms. The fourth-order valence-corrected chi connectivity index (χ4v) is 7.78. The first-order chi connectivity index (χ1) is 11.4. The van der Waals surface area contributed by atoms with Crippen LogP contribution in [0.25, 0.3) is 0 Å². The van der Waals surface area contributed by atoms with Crippen LogP contribution in [-0.4, -0.2) is 55.0 Å². The van der Waals surface area contributed by atoms with E-state index < -0.39 is 46.3 Å². The Morgan fingerprint density at radius 3 is 2.12 bits per heavy atom. The summed E-state index contributed by atoms with van der Waals surface area (Å²) in [6.45, 7) is 7.47. The number of aliphatic hydroxyl groups is 5. The lowest BCUT2D eigenvalue weighted by Gasteiger charge is -2.51. The molecule has 0 aliphatic heterocycles. The Hall–Kier alpha value is -0.200. The number of fused-ring (bicyclic) bond motifs is 2. The van der Waals surface area contributed by atoms with Crippen LogP contribution in [0.5, 0.6) is 0 Å². The highest BCUT2D eigenvalue weighted by molar-refractivity contribution is 5.24. The summed E-state index contributed by atoms with van der Waals surface area (Å²) in [6.07, 6.45) is 0.628. The van der Waals surface area contributed by atoms with Crippen LogP contribution in [0.4, 0.5) is 0 Å². The van der Waals surface area contributed by atoms with E-state index in [1.54, 1.807) is 20.8 Å². The molecule has 0 aromatic heterocycles. The van der Waals surface area contributed by atoms with Crippen molar-refractivity contribution in [2.45, 2.75) is 89.3 Å². The average Bonchev–Trinajstić information content (AvgIpc) is 2.75. The van der Waals surface area contributed by atoms with Gasteiger partial charge >= 0.3 is 0 Å². The van der Waals surface area contributed by atoms with Gasteiger partial charge in [0.1, 0.15) is 5.60 Å². The Labute approximate surface area is 150 Å². The molecule has 10 atom stereocenters. The highest BCUT2D eigenvalue weighted by Crippen LogP contribution is 2.69. The molecule has 0 saturated heterocycles. The first-order valence-electron chi connectivity index (χ1n) is 9.89. The van der Waals surface area contributed by atoms with Crippen LogP contribution >= 0.6 is 0 Å². The predicted molar refractivity (Wildman–Crippen MR) is 92.5 cm³/mol. The molecule has 0 aromatic rings. The Morgan fingerprint density at radius 2 is 1.48 bits per heavy atom. The van der Waals surface area contributed by atoms with E-state index in [-0.39, 0.29) is 18.3 Å². The van der Waals surface area contributed by atoms with Gasteiger partial charge in [-0.25, -0.2) is 0 Å². The van der Waals surface area contributed by atoms with Crippen LogP contribution in [-0.2, 0) is 0 Å². The molecule has 4 aliphatic carbocycles. The highest BCUT2D eigenvalue weighted by atomic mass is 16.4. The number of rotatable bonds is 0. The predicted octanol–water partition coefficient (Wildman–Crippen LogP) is 1.05. The zero-order valence-electron chi connectivity index (χ0n) is 15.8. The Kier molecular flexibility index (Phi) is 3.63. The van der Waals surface area contributed by atoms with Crippen molar-refractivity contribution in [2.24, 2.45) is 34.5 Å². The molecule has 5 nitrogen and oxygen atoms in total. The van der Waals surface area contributed by atoms with Gasteiger partial charge in [-0.05, 0) is 56.8 Å². The number of aliphatic hydroxyl groups excluding tert-OH is 3. The summed E-state index contributed by atoms with van der Waals surface area (Å²) < 4.78 is 0. The normalized spacial score (nSPS) is 63.0. The van der Waals surface area contributed by atoms with E-state index in [1.807, 2.05) is 0 Å². The van der Waals surface area contributed by atoms with E-state index in [0.717, 1.165) is 19.3 Å². The van der Waals surface area contributed by atoms with Crippen LogP contribution in [0, 0.1) is 34.5 Å². The van der Waals surface area contributed by atoms with Crippen molar-refractivity contribution in [2.75, 3.05) is 0 Å². The van der Waals surface area contributed by atoms with E-state index in [1.165, 1.54) is 0 Å². The fraction of sp³-hybridized carbons (Fsp3) is 1.00. The van der Waals surface area contributed by atoms with Gasteiger partial charge in [0.15, 0.2) is 0 Å². The summed E-state index contributed by atoms with van der Waals surface area (Å²) in [4.78, 5) is 0. The van der Waals surface area contributed by atoms with E-state index >= 15 is 0 Å². The third kappa shape index (κ3) is 1.87. The molecular formula is C20H34O5. The molecule has 4 rings (SSSR count). The van der Waals surface area contributed by atoms with Crippen LogP contribution in [0.15, 0.2) is 0 Å². The van der Waals surface area contributed by atoms with Gasteiger partial charge in [-0.3, -0.25) is 0 Å². The molecule has 0 amide bonds. The second kappa shape index (κ2) is 4.99. The van der Waals surface area contributed by atoms with Crippen LogP contribution in [0.3, 0.4) is 0 Å². The summed E-state index contributed by atoms with van der Waals surface area (Å²) in [6, 6.07) is 0. The molecule has 5 N–H and O–H groups in total. The molecular weight excluding hydrogens is 320 g/mol. The highest BCUT2D eigenvalue weighted by Gasteiger charge is 2.74. The lowest BCUT2D eigenvalue weighted by Crippen LogP contribution is -2.60. The first kappa shape index (κ1) is 18.2. The Bertz CT molecular complexity index is 574. The maximum atomic E-state index is 11.7. The standard InChI is InChI=1S/C20H34O5/c1-10-8-19-9-15(22)20(25)13(7-14(21)17(20,2)3)18(4,24)12(19)6-5-11(10)16(19)23/h10-16,21-25H,5-9H2,1-4H3/t10-,11?,12-,13-,14-,15+,16-,18+,19?,20-/m0/s1. The summed E-state index contributed by atoms with van der Waals surface area (Å²) in [7, 11) is 0. The minimum atomic E-state index is -1.57. The SMILES string of the molecule is C[C@H]1CC23C[C@@H](O)[C@@]4(O)[C@@H](C[C@H](O)C4(C)C)[C@](C)(O)[C@@H]2CCC1[C@@H]3O. The van der Waals surface area contributed by atoms with Gasteiger partial charge in [0.25, 0.3) is 0 Å². The number of hydrogen-bond donors (Lipinski definition) is 5. The largest absolute Gasteiger partial charge is 0.392 e. The molecule has 0 aromatic carbocycles. The maximum Gasteiger partial charge on any atom is 0.104 e. The zero-order valence-corrected chi connectivity index (χ0v) is 15.8. The van der Waals surface area contributed by atoms with Gasteiger partial charge < -0.3 is 25.5 Å². The molecule has 4 fully saturated rings. The van der Waals surface area contributed by atoms with E-state index in [2.05, 4.69) is 6.92 Å². The first-order valence-corrected chi connectivity index (χ1v) is 9.89. The molecule has 5 heteroatoms. The molecule has 2 unspecified atom stereocenters. The van der Waals surface area contributed by atoms with E-state index in [0.29, 0.717) is 12.3 Å². The molecule has 0 heterocycles. The summed E-state index contributed by atoms with van der Waals surface area (Å²) in [5.41, 5.74) is -4.27. The minimum Gasteiger partial charge on any atom is -0.392 e. The fourth-order valence-electron chi connectivity index (χ4n) is 7.78. The van der Waals surface area contributed by atoms with Gasteiger partial charge in [0.05, 0.1) is 23.9 Å². The average molecular weight is 354 g/mol. The van der Waals surface area contributed by atoms with Crippen LogP contribution in [0.1, 0.15) is 59.8 Å². The van der Waals surface area contributed by atoms with Crippen molar-refractivity contribution in [3.63, 3.8) is 0 Å². The second-order valence-corrected chi connectivity index (χ2v) is 10.5. The van der Waals surface area contributed by atoms with Gasteiger partial charge in [-0.1, -0.05) is 20.8 Å². The van der Waals surface area contributed by atoms with Crippen molar-refractivity contribution < 1.29 is 25.5 Å². The van der Waals surface area contributed by atoms with Gasteiger partial charge in [0.2, 0.25) is 0 Å². The number of hydrogen-bond acceptors (Lipinski definition) is 5. The Balaban J connectivity index is 1.88. The lowest BCUT2D eigenvalue weighted by molar-refractivity contribution is -0.200. The third-order valence-electron chi connectivity index (χ3n) is 9.26. The van der Waals surface area contributed by atoms with Crippen molar-refractivity contribution in [3.05, 3.63) is 0 Å². The molecule has 0 radical (unpaired) electrons. The zero-order chi connectivity index (χ0) is 18.6. The van der Waals surface area contributed by atoms with Crippen LogP contribution in [0.2, 0.25) is 0 Å². The van der Waals surface area contributed by atoms with Gasteiger partial charge in [-0.2, -0.15) is 0 Å². The lowest BCUT2D eigenvalue weighted by atomic mass is 9.57. The summed E-state index contributed by atoms with van der Waals surface area (Å²) in [5, 5.41) is 56.2. The second-order valence-electron chi connectivity index (χ2n) is 10.5. The summed E-state index contributed by atoms with van der Waals surface area (Å²) in [5.74, 6) is -0.213. The molecule has 2 bridgehead atoms. The van der Waals surface area contributed by atoms with Crippen molar-refractivity contribution >= 4 is 0 Å². The molecule has 144 valence electrons. The van der Waals surface area contributed by atoms with Gasteiger partial charge in [-0.15, -0.1) is 0 Å². The van der Waals surface area contributed by atoms with E-state index in [9.17, 15) is 25.5 Å². The monoisotopic (exact) mass is 354 g/mol. The van der Waals surface area contributed by atoms with Crippen molar-refractivity contribution in [1.29, 1.82) is 0 Å². The maximum absolute atomic E-state index is 11.7. The Morgan fingerprint density at radius 1 is 0.840 bits per heavy atom. The van der Waals surface area contributed by atoms with Crippen molar-refractivity contribution in [3.8, 4) is 0 Å². The third-order valence-corrected chi connectivity index (χ3v) is 9.26. The van der Waals surface area contributed by atoms with Crippen LogP contribution < -0.4 is 0 Å².